The first-order valence-electron chi connectivity index (χ1n) is 13.3. The summed E-state index contributed by atoms with van der Waals surface area (Å²) < 4.78 is 1.65. The zero-order valence-corrected chi connectivity index (χ0v) is 22.4. The number of aromatic nitrogens is 3. The van der Waals surface area contributed by atoms with Crippen molar-refractivity contribution in [2.45, 2.75) is 31.5 Å². The van der Waals surface area contributed by atoms with Crippen molar-refractivity contribution in [3.63, 3.8) is 0 Å². The number of aliphatic hydroxyl groups is 1. The van der Waals surface area contributed by atoms with Crippen LogP contribution < -0.4 is 5.32 Å². The quantitative estimate of drug-likeness (QED) is 0.188. The van der Waals surface area contributed by atoms with Crippen LogP contribution in [0.2, 0.25) is 0 Å². The lowest BCUT2D eigenvalue weighted by Crippen LogP contribution is -2.40. The molecule has 5 rings (SSSR count). The number of nitrogens with one attached hydrogen (secondary N) is 1. The summed E-state index contributed by atoms with van der Waals surface area (Å²) in [5.41, 5.74) is 5.50. The second-order valence-corrected chi connectivity index (χ2v) is 9.98. The highest BCUT2D eigenvalue weighted by atomic mass is 16.4. The molecule has 10 nitrogen and oxygen atoms in total. The molecular formula is C32H28N4O6. The minimum atomic E-state index is -1.63. The largest absolute Gasteiger partial charge is 0.479 e. The maximum atomic E-state index is 13.2. The summed E-state index contributed by atoms with van der Waals surface area (Å²) in [5.74, 6) is -2.79. The Morgan fingerprint density at radius 2 is 1.43 bits per heavy atom. The van der Waals surface area contributed by atoms with Crippen LogP contribution in [0.15, 0.2) is 97.1 Å². The van der Waals surface area contributed by atoms with Crippen LogP contribution in [0.25, 0.3) is 22.2 Å². The monoisotopic (exact) mass is 564 g/mol. The van der Waals surface area contributed by atoms with Crippen LogP contribution in [-0.2, 0) is 17.8 Å². The molecule has 1 aromatic heterocycles. The van der Waals surface area contributed by atoms with Crippen LogP contribution in [0.5, 0.6) is 0 Å². The van der Waals surface area contributed by atoms with E-state index >= 15 is 0 Å². The number of nitrogens with zero attached hydrogens (tertiary/aromatic N) is 3. The van der Waals surface area contributed by atoms with E-state index in [9.17, 15) is 24.6 Å². The zero-order valence-electron chi connectivity index (χ0n) is 22.4. The van der Waals surface area contributed by atoms with Gasteiger partial charge in [0.05, 0.1) is 17.6 Å². The Kier molecular flexibility index (Phi) is 8.35. The number of aliphatic carboxylic acids is 1. The van der Waals surface area contributed by atoms with Crippen molar-refractivity contribution in [1.82, 2.24) is 20.3 Å². The van der Waals surface area contributed by atoms with Gasteiger partial charge in [-0.25, -0.2) is 14.3 Å². The summed E-state index contributed by atoms with van der Waals surface area (Å²) in [6.07, 6.45) is -1.48. The maximum absolute atomic E-state index is 13.2. The van der Waals surface area contributed by atoms with Gasteiger partial charge in [-0.05, 0) is 59.0 Å². The van der Waals surface area contributed by atoms with Gasteiger partial charge in [0.1, 0.15) is 5.52 Å². The van der Waals surface area contributed by atoms with Crippen molar-refractivity contribution < 1.29 is 29.7 Å². The molecule has 2 atom stereocenters. The smallest absolute Gasteiger partial charge is 0.335 e. The molecule has 0 fully saturated rings. The lowest BCUT2D eigenvalue weighted by Gasteiger charge is -2.21. The average molecular weight is 565 g/mol. The van der Waals surface area contributed by atoms with Crippen molar-refractivity contribution in [3.8, 4) is 11.1 Å². The predicted molar refractivity (Wildman–Crippen MR) is 155 cm³/mol. The molecular weight excluding hydrogens is 536 g/mol. The van der Waals surface area contributed by atoms with Gasteiger partial charge in [0, 0.05) is 18.0 Å². The van der Waals surface area contributed by atoms with Crippen molar-refractivity contribution in [3.05, 3.63) is 119 Å². The first-order valence-corrected chi connectivity index (χ1v) is 13.3. The third kappa shape index (κ3) is 6.68. The van der Waals surface area contributed by atoms with E-state index in [2.05, 4.69) is 15.6 Å². The van der Waals surface area contributed by atoms with Gasteiger partial charge in [-0.15, -0.1) is 5.10 Å². The number of aliphatic hydroxyl groups excluding tert-OH is 1. The number of benzene rings is 4. The fraction of sp³-hybridized carbons (Fsp3) is 0.156. The molecule has 4 N–H and O–H groups in total. The van der Waals surface area contributed by atoms with Crippen LogP contribution >= 0.6 is 0 Å². The first kappa shape index (κ1) is 28.2. The summed E-state index contributed by atoms with van der Waals surface area (Å²) in [5, 5.41) is 39.6. The van der Waals surface area contributed by atoms with Crippen molar-refractivity contribution in [2.75, 3.05) is 0 Å². The number of hydrogen-bond acceptors (Lipinski definition) is 6. The molecule has 0 bridgehead atoms. The normalized spacial score (nSPS) is 12.5. The number of carboxylic acid groups (broad SMARTS) is 2. The highest BCUT2D eigenvalue weighted by molar-refractivity contribution is 5.97. The summed E-state index contributed by atoms with van der Waals surface area (Å²) in [4.78, 5) is 35.7. The van der Waals surface area contributed by atoms with Gasteiger partial charge in [-0.3, -0.25) is 4.79 Å². The molecule has 0 radical (unpaired) electrons. The van der Waals surface area contributed by atoms with Crippen LogP contribution in [0.4, 0.5) is 0 Å². The Morgan fingerprint density at radius 1 is 0.786 bits per heavy atom. The minimum Gasteiger partial charge on any atom is -0.479 e. The topological polar surface area (TPSA) is 155 Å². The third-order valence-electron chi connectivity index (χ3n) is 6.98. The van der Waals surface area contributed by atoms with Gasteiger partial charge < -0.3 is 20.6 Å². The second-order valence-electron chi connectivity index (χ2n) is 9.98. The third-order valence-corrected chi connectivity index (χ3v) is 6.98. The Balaban J connectivity index is 1.30. The molecule has 0 unspecified atom stereocenters. The van der Waals surface area contributed by atoms with E-state index in [1.165, 1.54) is 12.1 Å². The molecule has 1 amide bonds. The van der Waals surface area contributed by atoms with E-state index < -0.39 is 30.0 Å². The van der Waals surface area contributed by atoms with Crippen LogP contribution in [0.1, 0.15) is 38.3 Å². The van der Waals surface area contributed by atoms with Crippen LogP contribution in [0, 0.1) is 0 Å². The van der Waals surface area contributed by atoms with E-state index in [0.29, 0.717) is 29.6 Å². The molecule has 0 spiro atoms. The lowest BCUT2D eigenvalue weighted by atomic mass is 9.97. The van der Waals surface area contributed by atoms with E-state index in [0.717, 1.165) is 22.3 Å². The summed E-state index contributed by atoms with van der Waals surface area (Å²) in [7, 11) is 0. The van der Waals surface area contributed by atoms with E-state index in [-0.39, 0.29) is 12.0 Å². The number of carbonyl (C=O) groups is 3. The van der Waals surface area contributed by atoms with Crippen LogP contribution in [-0.4, -0.2) is 60.3 Å². The van der Waals surface area contributed by atoms with Crippen molar-refractivity contribution in [2.24, 2.45) is 0 Å². The number of carboxylic acids is 2. The van der Waals surface area contributed by atoms with Gasteiger partial charge in [0.25, 0.3) is 5.91 Å². The molecule has 0 saturated heterocycles. The highest BCUT2D eigenvalue weighted by Gasteiger charge is 2.23. The Bertz CT molecular complexity index is 1720. The molecule has 42 heavy (non-hydrogen) atoms. The molecule has 0 aliphatic carbocycles. The highest BCUT2D eigenvalue weighted by Crippen LogP contribution is 2.21. The van der Waals surface area contributed by atoms with Gasteiger partial charge in [-0.1, -0.05) is 71.9 Å². The Labute approximate surface area is 240 Å². The molecule has 0 saturated carbocycles. The maximum Gasteiger partial charge on any atom is 0.335 e. The van der Waals surface area contributed by atoms with Crippen LogP contribution in [0.3, 0.4) is 0 Å². The first-order chi connectivity index (χ1) is 20.3. The van der Waals surface area contributed by atoms with E-state index in [4.69, 9.17) is 5.11 Å². The van der Waals surface area contributed by atoms with E-state index in [1.54, 1.807) is 35.0 Å². The Morgan fingerprint density at radius 3 is 2.10 bits per heavy atom. The Hall–Kier alpha value is -5.35. The number of amides is 1. The van der Waals surface area contributed by atoms with Gasteiger partial charge >= 0.3 is 11.9 Å². The average Bonchev–Trinajstić information content (AvgIpc) is 3.40. The number of rotatable bonds is 11. The number of aromatic carboxylic acids is 1. The molecule has 4 aromatic carbocycles. The number of hydrogen-bond donors (Lipinski definition) is 4. The van der Waals surface area contributed by atoms with Gasteiger partial charge in [-0.2, -0.15) is 0 Å². The molecule has 0 aliphatic heterocycles. The minimum absolute atomic E-state index is 0.166. The molecule has 0 aliphatic rings. The standard InChI is InChI=1S/C32H28N4O6/c37-29(32(41)42)18-26(16-20-6-10-23(11-7-20)22-4-2-1-3-5-22)33-30(38)25-14-15-28-27(17-25)34-35-36(28)19-21-8-12-24(13-9-21)31(39)40/h1-15,17,26,29,37H,16,18-19H2,(H,33,38)(H,39,40)(H,41,42)/t26-,29+/m1/s1. The SMILES string of the molecule is O=C(O)c1ccc(Cn2nnc3cc(C(=O)N[C@H](Cc4ccc(-c5ccccc5)cc4)C[C@H](O)C(=O)O)ccc32)cc1. The van der Waals surface area contributed by atoms with Gasteiger partial charge in [0.2, 0.25) is 0 Å². The molecule has 5 aromatic rings. The van der Waals surface area contributed by atoms with Crippen molar-refractivity contribution in [1.29, 1.82) is 0 Å². The summed E-state index contributed by atoms with van der Waals surface area (Å²) in [6.45, 7) is 0.361. The predicted octanol–water partition coefficient (Wildman–Crippen LogP) is 4.02. The lowest BCUT2D eigenvalue weighted by molar-refractivity contribution is -0.147. The molecule has 212 valence electrons. The van der Waals surface area contributed by atoms with Crippen molar-refractivity contribution >= 4 is 28.9 Å². The number of carbonyl (C=O) groups excluding carboxylic acids is 1. The number of fused-ring (bicyclic) bond motifs is 1. The fourth-order valence-electron chi connectivity index (χ4n) is 4.74. The van der Waals surface area contributed by atoms with Gasteiger partial charge in [0.15, 0.2) is 6.10 Å². The zero-order chi connectivity index (χ0) is 29.6. The van der Waals surface area contributed by atoms with E-state index in [1.807, 2.05) is 54.6 Å². The second kappa shape index (κ2) is 12.4. The molecule has 1 heterocycles. The summed E-state index contributed by atoms with van der Waals surface area (Å²) in [6, 6.07) is 28.4. The fourth-order valence-corrected chi connectivity index (χ4v) is 4.74. The molecule has 10 heteroatoms. The summed E-state index contributed by atoms with van der Waals surface area (Å²) >= 11 is 0.